The van der Waals surface area contributed by atoms with Crippen LogP contribution < -0.4 is 0 Å². The van der Waals surface area contributed by atoms with Crippen molar-refractivity contribution in [1.82, 2.24) is 0 Å². The van der Waals surface area contributed by atoms with Crippen molar-refractivity contribution < 1.29 is 50.4 Å². The molecule has 7 atom stereocenters. The van der Waals surface area contributed by atoms with E-state index in [1.165, 1.54) is 0 Å². The Morgan fingerprint density at radius 1 is 0.510 bits per heavy atom. The van der Waals surface area contributed by atoms with Crippen LogP contribution in [0, 0.1) is 0 Å². The zero-order valence-electron chi connectivity index (χ0n) is 33.0. The third-order valence-electron chi connectivity index (χ3n) is 8.47. The van der Waals surface area contributed by atoms with Gasteiger partial charge >= 0.3 is 69.7 Å². The number of rotatable bonds is 19. The molecule has 3 aliphatic heterocycles. The molecule has 0 amide bonds. The van der Waals surface area contributed by atoms with Gasteiger partial charge in [-0.3, -0.25) is 0 Å². The molecule has 0 spiro atoms. The van der Waals surface area contributed by atoms with E-state index < -0.39 is 78.0 Å². The summed E-state index contributed by atoms with van der Waals surface area (Å²) >= 11 is 0. The highest BCUT2D eigenvalue weighted by molar-refractivity contribution is 7.03. The molecular weight excluding hydrogens is 781 g/mol. The quantitative estimate of drug-likeness (QED) is 0.126. The second-order valence-electron chi connectivity index (χ2n) is 15.4. The van der Waals surface area contributed by atoms with E-state index in [2.05, 4.69) is 74.3 Å². The average Bonchev–Trinajstić information content (AvgIpc) is 2.89. The normalized spacial score (nSPS) is 38.8. The molecule has 12 nitrogen and oxygen atoms in total. The number of fused-ring (bicyclic) bond motifs is 3. The molecule has 0 saturated carbocycles. The van der Waals surface area contributed by atoms with E-state index in [-0.39, 0.29) is 0 Å². The molecule has 1 N–H and O–H groups in total. The largest absolute Gasteiger partial charge is 0.484 e. The molecule has 3 saturated heterocycles. The summed E-state index contributed by atoms with van der Waals surface area (Å²) < 4.78 is 80.2. The van der Waals surface area contributed by atoms with Gasteiger partial charge in [0.25, 0.3) is 0 Å². The zero-order chi connectivity index (χ0) is 36.9. The van der Waals surface area contributed by atoms with Gasteiger partial charge in [-0.2, -0.15) is 0 Å². The summed E-state index contributed by atoms with van der Waals surface area (Å²) in [5.74, 6) is 0. The molecule has 0 aliphatic carbocycles. The highest BCUT2D eigenvalue weighted by Crippen LogP contribution is 2.50. The fourth-order valence-corrected chi connectivity index (χ4v) is 61.7. The highest BCUT2D eigenvalue weighted by Gasteiger charge is 2.75. The van der Waals surface area contributed by atoms with Crippen LogP contribution in [0.1, 0.15) is 93.4 Å². The Balaban J connectivity index is 2.50. The van der Waals surface area contributed by atoms with Crippen molar-refractivity contribution in [3.63, 3.8) is 0 Å². The number of hydrogen-bond acceptors (Lipinski definition) is 12. The molecule has 3 fully saturated rings. The first-order valence-electron chi connectivity index (χ1n) is 19.1. The van der Waals surface area contributed by atoms with Crippen molar-refractivity contribution in [2.24, 2.45) is 0 Å². The maximum absolute atomic E-state index is 12.7. The maximum Gasteiger partial charge on any atom is 0.484 e. The Labute approximate surface area is 308 Å². The molecule has 49 heavy (non-hydrogen) atoms. The van der Waals surface area contributed by atoms with Gasteiger partial charge in [0.15, 0.2) is 8.32 Å². The SMILES string of the molecule is CCC[Si]1(O)O[Si]2(CCC)O[Si](CCC)(O[Si](C)(C)O[Si](C)(C)C)O[Si@]3(CCC)C[Si@](CCC)(O2)O[Si](CCC)(O1)O[Si@@](CCC)(OC)O3. The summed E-state index contributed by atoms with van der Waals surface area (Å²) in [4.78, 5) is 12.7. The van der Waals surface area contributed by atoms with E-state index in [4.69, 9.17) is 45.6 Å². The Morgan fingerprint density at radius 2 is 0.918 bits per heavy atom. The summed E-state index contributed by atoms with van der Waals surface area (Å²) in [5, 5.41) is 0. The van der Waals surface area contributed by atoms with Crippen LogP contribution in [0.5, 0.6) is 0 Å². The van der Waals surface area contributed by atoms with Crippen LogP contribution in [0.2, 0.25) is 80.7 Å². The van der Waals surface area contributed by atoms with Crippen LogP contribution in [0.4, 0.5) is 0 Å². The fourth-order valence-electron chi connectivity index (χ4n) is 7.58. The van der Waals surface area contributed by atoms with Crippen molar-refractivity contribution in [3.8, 4) is 0 Å². The summed E-state index contributed by atoms with van der Waals surface area (Å²) in [6.45, 7) is 25.5. The molecule has 4 bridgehead atoms. The number of hydrogen-bond donors (Lipinski definition) is 1. The zero-order valence-corrected chi connectivity index (χ0v) is 42.0. The molecule has 0 radical (unpaired) electrons. The summed E-state index contributed by atoms with van der Waals surface area (Å²) in [7, 11) is -28.7. The summed E-state index contributed by atoms with van der Waals surface area (Å²) in [5.41, 5.74) is 0.520. The van der Waals surface area contributed by atoms with Crippen molar-refractivity contribution >= 4 is 78.0 Å². The molecule has 3 heterocycles. The van der Waals surface area contributed by atoms with Crippen LogP contribution in [-0.4, -0.2) is 89.9 Å². The van der Waals surface area contributed by atoms with Gasteiger partial charge in [-0.25, -0.2) is 0 Å². The van der Waals surface area contributed by atoms with Crippen LogP contribution in [0.15, 0.2) is 0 Å². The maximum atomic E-state index is 12.7. The van der Waals surface area contributed by atoms with Crippen LogP contribution in [0.25, 0.3) is 0 Å². The van der Waals surface area contributed by atoms with E-state index in [0.29, 0.717) is 54.4 Å². The highest BCUT2D eigenvalue weighted by atomic mass is 28.6. The van der Waals surface area contributed by atoms with E-state index in [0.717, 1.165) is 38.5 Å². The molecule has 0 aromatic carbocycles. The van der Waals surface area contributed by atoms with E-state index in [1.54, 1.807) is 7.11 Å². The Morgan fingerprint density at radius 3 is 1.35 bits per heavy atom. The summed E-state index contributed by atoms with van der Waals surface area (Å²) in [6, 6.07) is 3.77. The van der Waals surface area contributed by atoms with Crippen molar-refractivity contribution in [2.45, 2.75) is 174 Å². The van der Waals surface area contributed by atoms with Crippen molar-refractivity contribution in [1.29, 1.82) is 0 Å². The standard InChI is InChI=1S/C28H70O12Si9/c1-14-21-43-28-44(22-15-2)35-48(26-19-6,39-46(30-8,33-43)24-17-4)37-45(29,23-16-3)38-49(36-44,27-20-7)40-47(34-43,25-18-5)32-42(12,13)31-41(9,10)11/h29H,14-28H2,1-13H3/t43-,44+,45?,46+,47?,48?,49?/m1/s1. The van der Waals surface area contributed by atoms with E-state index >= 15 is 0 Å². The van der Waals surface area contributed by atoms with Gasteiger partial charge in [-0.05, 0) is 44.8 Å². The lowest BCUT2D eigenvalue weighted by Crippen LogP contribution is -2.81. The molecule has 4 unspecified atom stereocenters. The molecule has 3 aliphatic rings. The van der Waals surface area contributed by atoms with Crippen LogP contribution in [0.3, 0.4) is 0 Å². The summed E-state index contributed by atoms with van der Waals surface area (Å²) in [6.07, 6.45) is 5.29. The molecule has 0 aromatic heterocycles. The predicted molar refractivity (Wildman–Crippen MR) is 212 cm³/mol. The molecule has 0 aromatic rings. The first-order chi connectivity index (χ1) is 22.8. The van der Waals surface area contributed by atoms with Gasteiger partial charge in [0.05, 0.1) is 0 Å². The minimum Gasteiger partial charge on any atom is -0.437 e. The van der Waals surface area contributed by atoms with E-state index in [9.17, 15) is 4.80 Å². The monoisotopic (exact) mass is 850 g/mol. The first kappa shape index (κ1) is 44.9. The van der Waals surface area contributed by atoms with E-state index in [1.807, 2.05) is 6.92 Å². The smallest absolute Gasteiger partial charge is 0.437 e. The van der Waals surface area contributed by atoms with Crippen LogP contribution >= 0.6 is 0 Å². The van der Waals surface area contributed by atoms with Gasteiger partial charge < -0.3 is 50.4 Å². The Bertz CT molecular complexity index is 1070. The predicted octanol–water partition coefficient (Wildman–Crippen LogP) is 8.36. The Kier molecular flexibility index (Phi) is 16.0. The van der Waals surface area contributed by atoms with Crippen molar-refractivity contribution in [2.75, 3.05) is 7.11 Å². The average molecular weight is 852 g/mol. The molecule has 21 heteroatoms. The lowest BCUT2D eigenvalue weighted by molar-refractivity contribution is 0.0491. The first-order valence-corrected chi connectivity index (χ1v) is 39.4. The molecular formula is C28H70O12Si9. The van der Waals surface area contributed by atoms with Crippen LogP contribution in [-0.2, 0) is 45.6 Å². The minimum absolute atomic E-state index is 0.319. The second-order valence-corrected chi connectivity index (χ2v) is 46.5. The van der Waals surface area contributed by atoms with Gasteiger partial charge in [0.2, 0.25) is 0 Å². The second kappa shape index (κ2) is 17.5. The van der Waals surface area contributed by atoms with Gasteiger partial charge in [0.1, 0.15) is 0 Å². The lowest BCUT2D eigenvalue weighted by atomic mass is 10.6. The van der Waals surface area contributed by atoms with Crippen molar-refractivity contribution in [3.05, 3.63) is 0 Å². The third kappa shape index (κ3) is 11.5. The van der Waals surface area contributed by atoms with Gasteiger partial charge in [-0.15, -0.1) is 0 Å². The molecule has 290 valence electrons. The minimum atomic E-state index is -4.04. The van der Waals surface area contributed by atoms with Gasteiger partial charge in [-0.1, -0.05) is 93.4 Å². The fraction of sp³-hybridized carbons (Fsp3) is 1.00. The third-order valence-corrected chi connectivity index (χ3v) is 50.1. The molecule has 3 rings (SSSR count). The lowest BCUT2D eigenvalue weighted by Gasteiger charge is -2.59. The van der Waals surface area contributed by atoms with Gasteiger partial charge in [0, 0.05) is 43.0 Å². The Hall–Kier alpha value is 1.47. The topological polar surface area (TPSA) is 122 Å².